The number of aromatic nitrogens is 1. The van der Waals surface area contributed by atoms with Crippen molar-refractivity contribution in [1.82, 2.24) is 10.3 Å². The number of anilines is 1. The summed E-state index contributed by atoms with van der Waals surface area (Å²) in [7, 11) is 1.68. The van der Waals surface area contributed by atoms with Gasteiger partial charge in [-0.1, -0.05) is 13.8 Å². The van der Waals surface area contributed by atoms with Gasteiger partial charge in [0.1, 0.15) is 5.82 Å². The number of amides is 1. The number of pyridine rings is 1. The molecule has 0 saturated heterocycles. The molecule has 1 heterocycles. The van der Waals surface area contributed by atoms with Gasteiger partial charge in [0, 0.05) is 19.3 Å². The maximum Gasteiger partial charge on any atom is 0.305 e. The third-order valence-corrected chi connectivity index (χ3v) is 2.80. The Bertz CT molecular complexity index is 474. The molecule has 0 fully saturated rings. The Labute approximate surface area is 118 Å². The highest BCUT2D eigenvalue weighted by Crippen LogP contribution is 2.13. The molecule has 1 amide bonds. The molecule has 0 aliphatic carbocycles. The minimum absolute atomic E-state index is 0.0843. The number of carbonyl (C=O) groups is 2. The lowest BCUT2D eigenvalue weighted by atomic mass is 10.0. The quantitative estimate of drug-likeness (QED) is 0.707. The van der Waals surface area contributed by atoms with Crippen LogP contribution in [0.25, 0.3) is 0 Å². The van der Waals surface area contributed by atoms with Crippen molar-refractivity contribution in [2.24, 2.45) is 5.92 Å². The molecule has 0 aliphatic rings. The van der Waals surface area contributed by atoms with Crippen molar-refractivity contribution < 1.29 is 14.7 Å². The summed E-state index contributed by atoms with van der Waals surface area (Å²) in [5, 5.41) is 14.5. The summed E-state index contributed by atoms with van der Waals surface area (Å²) in [5.41, 5.74) is 0.411. The average Bonchev–Trinajstić information content (AvgIpc) is 2.36. The molecule has 0 spiro atoms. The first-order chi connectivity index (χ1) is 9.43. The molecule has 0 saturated carbocycles. The van der Waals surface area contributed by atoms with Gasteiger partial charge in [0.2, 0.25) is 0 Å². The van der Waals surface area contributed by atoms with Gasteiger partial charge in [-0.15, -0.1) is 0 Å². The minimum Gasteiger partial charge on any atom is -0.481 e. The molecule has 6 nitrogen and oxygen atoms in total. The number of carboxylic acid groups (broad SMARTS) is 1. The first-order valence-electron chi connectivity index (χ1n) is 6.59. The second-order valence-electron chi connectivity index (χ2n) is 5.05. The fraction of sp³-hybridized carbons (Fsp3) is 0.500. The second kappa shape index (κ2) is 7.47. The molecule has 1 rings (SSSR count). The van der Waals surface area contributed by atoms with Crippen LogP contribution in [-0.2, 0) is 4.79 Å². The van der Waals surface area contributed by atoms with Gasteiger partial charge in [-0.2, -0.15) is 0 Å². The Morgan fingerprint density at radius 1 is 1.40 bits per heavy atom. The predicted molar refractivity (Wildman–Crippen MR) is 76.7 cm³/mol. The normalized spacial score (nSPS) is 12.0. The lowest BCUT2D eigenvalue weighted by Gasteiger charge is -2.19. The van der Waals surface area contributed by atoms with E-state index < -0.39 is 5.97 Å². The van der Waals surface area contributed by atoms with Crippen LogP contribution in [-0.4, -0.2) is 35.1 Å². The zero-order valence-electron chi connectivity index (χ0n) is 12.0. The van der Waals surface area contributed by atoms with Crippen molar-refractivity contribution in [3.63, 3.8) is 0 Å². The SMILES string of the molecule is CNc1ncccc1C(=O)NC(CC(=O)O)CC(C)C. The summed E-state index contributed by atoms with van der Waals surface area (Å²) in [6.07, 6.45) is 2.12. The van der Waals surface area contributed by atoms with Crippen molar-refractivity contribution in [2.45, 2.75) is 32.7 Å². The van der Waals surface area contributed by atoms with Crippen LogP contribution in [0.2, 0.25) is 0 Å². The summed E-state index contributed by atoms with van der Waals surface area (Å²) in [6.45, 7) is 3.98. The van der Waals surface area contributed by atoms with E-state index in [2.05, 4.69) is 15.6 Å². The van der Waals surface area contributed by atoms with E-state index >= 15 is 0 Å². The van der Waals surface area contributed by atoms with Crippen LogP contribution >= 0.6 is 0 Å². The maximum atomic E-state index is 12.2. The van der Waals surface area contributed by atoms with Crippen molar-refractivity contribution in [1.29, 1.82) is 0 Å². The van der Waals surface area contributed by atoms with Gasteiger partial charge in [0.15, 0.2) is 0 Å². The Morgan fingerprint density at radius 3 is 2.65 bits per heavy atom. The van der Waals surface area contributed by atoms with Gasteiger partial charge >= 0.3 is 5.97 Å². The van der Waals surface area contributed by atoms with Gasteiger partial charge in [-0.05, 0) is 24.5 Å². The summed E-state index contributed by atoms with van der Waals surface area (Å²) < 4.78 is 0. The zero-order valence-corrected chi connectivity index (χ0v) is 12.0. The molecule has 0 aliphatic heterocycles. The number of aliphatic carboxylic acids is 1. The van der Waals surface area contributed by atoms with Crippen LogP contribution in [0.3, 0.4) is 0 Å². The third-order valence-electron chi connectivity index (χ3n) is 2.80. The standard InChI is InChI=1S/C14H21N3O3/c1-9(2)7-10(8-12(18)19)17-14(20)11-5-4-6-16-13(11)15-3/h4-6,9-10H,7-8H2,1-3H3,(H,15,16)(H,17,20)(H,18,19). The van der Waals surface area contributed by atoms with E-state index in [1.165, 1.54) is 0 Å². The Hall–Kier alpha value is -2.11. The molecule has 6 heteroatoms. The van der Waals surface area contributed by atoms with Crippen molar-refractivity contribution >= 4 is 17.7 Å². The monoisotopic (exact) mass is 279 g/mol. The molecule has 3 N–H and O–H groups in total. The highest BCUT2D eigenvalue weighted by atomic mass is 16.4. The van der Waals surface area contributed by atoms with E-state index in [1.807, 2.05) is 13.8 Å². The molecular weight excluding hydrogens is 258 g/mol. The number of rotatable bonds is 7. The number of carboxylic acids is 1. The molecule has 1 atom stereocenters. The molecule has 110 valence electrons. The van der Waals surface area contributed by atoms with Crippen LogP contribution in [0, 0.1) is 5.92 Å². The Morgan fingerprint density at radius 2 is 2.10 bits per heavy atom. The molecule has 1 aromatic heterocycles. The summed E-state index contributed by atoms with van der Waals surface area (Å²) in [5.74, 6) is -0.453. The molecule has 0 aromatic carbocycles. The summed E-state index contributed by atoms with van der Waals surface area (Å²) in [6, 6.07) is 2.94. The topological polar surface area (TPSA) is 91.3 Å². The Balaban J connectivity index is 2.81. The highest BCUT2D eigenvalue weighted by molar-refractivity contribution is 5.99. The zero-order chi connectivity index (χ0) is 15.1. The molecule has 1 aromatic rings. The lowest BCUT2D eigenvalue weighted by molar-refractivity contribution is -0.137. The number of hydrogen-bond donors (Lipinski definition) is 3. The number of carbonyl (C=O) groups excluding carboxylic acids is 1. The van der Waals surface area contributed by atoms with Crippen LogP contribution in [0.4, 0.5) is 5.82 Å². The number of hydrogen-bond acceptors (Lipinski definition) is 4. The van der Waals surface area contributed by atoms with E-state index in [0.717, 1.165) is 0 Å². The van der Waals surface area contributed by atoms with Crippen LogP contribution in [0.5, 0.6) is 0 Å². The smallest absolute Gasteiger partial charge is 0.305 e. The second-order valence-corrected chi connectivity index (χ2v) is 5.05. The van der Waals surface area contributed by atoms with E-state index in [0.29, 0.717) is 23.7 Å². The van der Waals surface area contributed by atoms with Crippen LogP contribution in [0.1, 0.15) is 37.0 Å². The third kappa shape index (κ3) is 4.87. The fourth-order valence-corrected chi connectivity index (χ4v) is 2.02. The number of nitrogens with one attached hydrogen (secondary N) is 2. The largest absolute Gasteiger partial charge is 0.481 e. The molecule has 1 unspecified atom stereocenters. The number of nitrogens with zero attached hydrogens (tertiary/aromatic N) is 1. The molecule has 0 radical (unpaired) electrons. The van der Waals surface area contributed by atoms with E-state index in [-0.39, 0.29) is 18.4 Å². The van der Waals surface area contributed by atoms with E-state index in [4.69, 9.17) is 5.11 Å². The van der Waals surface area contributed by atoms with E-state index in [9.17, 15) is 9.59 Å². The molecule has 0 bridgehead atoms. The van der Waals surface area contributed by atoms with Crippen molar-refractivity contribution in [3.05, 3.63) is 23.9 Å². The maximum absolute atomic E-state index is 12.2. The first-order valence-corrected chi connectivity index (χ1v) is 6.59. The van der Waals surface area contributed by atoms with Crippen LogP contribution < -0.4 is 10.6 Å². The fourth-order valence-electron chi connectivity index (χ4n) is 2.02. The summed E-state index contributed by atoms with van der Waals surface area (Å²) in [4.78, 5) is 27.1. The first kappa shape index (κ1) is 15.9. The lowest BCUT2D eigenvalue weighted by Crippen LogP contribution is -2.37. The highest BCUT2D eigenvalue weighted by Gasteiger charge is 2.19. The van der Waals surface area contributed by atoms with Gasteiger partial charge in [-0.3, -0.25) is 9.59 Å². The van der Waals surface area contributed by atoms with Crippen molar-refractivity contribution in [3.8, 4) is 0 Å². The van der Waals surface area contributed by atoms with Gasteiger partial charge in [0.25, 0.3) is 5.91 Å². The Kier molecular flexibility index (Phi) is 5.96. The van der Waals surface area contributed by atoms with Gasteiger partial charge in [0.05, 0.1) is 12.0 Å². The molecule has 20 heavy (non-hydrogen) atoms. The van der Waals surface area contributed by atoms with Gasteiger partial charge in [-0.25, -0.2) is 4.98 Å². The predicted octanol–water partition coefficient (Wildman–Crippen LogP) is 1.74. The van der Waals surface area contributed by atoms with Crippen molar-refractivity contribution in [2.75, 3.05) is 12.4 Å². The van der Waals surface area contributed by atoms with E-state index in [1.54, 1.807) is 25.4 Å². The minimum atomic E-state index is -0.920. The average molecular weight is 279 g/mol. The van der Waals surface area contributed by atoms with Crippen LogP contribution in [0.15, 0.2) is 18.3 Å². The molecular formula is C14H21N3O3. The van der Waals surface area contributed by atoms with Gasteiger partial charge < -0.3 is 15.7 Å². The summed E-state index contributed by atoms with van der Waals surface area (Å²) >= 11 is 0.